The van der Waals surface area contributed by atoms with Crippen LogP contribution in [0, 0.1) is 5.92 Å². The molecule has 2 atom stereocenters. The van der Waals surface area contributed by atoms with Crippen LogP contribution >= 0.6 is 0 Å². The van der Waals surface area contributed by atoms with Crippen LogP contribution in [0.1, 0.15) is 56.0 Å². The predicted octanol–water partition coefficient (Wildman–Crippen LogP) is 3.58. The van der Waals surface area contributed by atoms with E-state index in [9.17, 15) is 9.90 Å². The van der Waals surface area contributed by atoms with Gasteiger partial charge < -0.3 is 9.84 Å². The van der Waals surface area contributed by atoms with Crippen LogP contribution in [0.25, 0.3) is 0 Å². The Morgan fingerprint density at radius 3 is 2.73 bits per heavy atom. The molecule has 1 aliphatic rings. The third kappa shape index (κ3) is 3.18. The van der Waals surface area contributed by atoms with Crippen molar-refractivity contribution in [2.75, 3.05) is 19.9 Å². The highest BCUT2D eigenvalue weighted by atomic mass is 16.5. The number of aromatic carboxylic acids is 1. The van der Waals surface area contributed by atoms with E-state index in [0.717, 1.165) is 18.5 Å². The monoisotopic (exact) mass is 305 g/mol. The number of carbonyl (C=O) groups is 1. The maximum Gasteiger partial charge on any atom is 0.335 e. The zero-order chi connectivity index (χ0) is 16.3. The highest BCUT2D eigenvalue weighted by Gasteiger charge is 2.42. The summed E-state index contributed by atoms with van der Waals surface area (Å²) in [5.41, 5.74) is 1.38. The summed E-state index contributed by atoms with van der Waals surface area (Å²) in [5.74, 6) is -0.222. The molecule has 0 spiro atoms. The number of piperidine rings is 1. The Hall–Kier alpha value is -1.39. The van der Waals surface area contributed by atoms with E-state index in [1.165, 1.54) is 0 Å². The number of carboxylic acid groups (broad SMARTS) is 1. The number of nitrogens with zero attached hydrogens (tertiary/aromatic N) is 1. The highest BCUT2D eigenvalue weighted by Crippen LogP contribution is 2.43. The summed E-state index contributed by atoms with van der Waals surface area (Å²) in [6.45, 7) is 11.0. The zero-order valence-electron chi connectivity index (χ0n) is 14.0. The largest absolute Gasteiger partial charge is 0.478 e. The maximum atomic E-state index is 11.5. The molecule has 1 aliphatic heterocycles. The van der Waals surface area contributed by atoms with Gasteiger partial charge in [-0.25, -0.2) is 4.79 Å². The van der Waals surface area contributed by atoms with Gasteiger partial charge in [0.15, 0.2) is 0 Å². The van der Waals surface area contributed by atoms with Crippen molar-refractivity contribution in [1.82, 2.24) is 4.90 Å². The summed E-state index contributed by atoms with van der Waals surface area (Å²) in [6, 6.07) is 7.42. The van der Waals surface area contributed by atoms with Crippen LogP contribution in [0.5, 0.6) is 0 Å². The van der Waals surface area contributed by atoms with Crippen molar-refractivity contribution in [3.05, 3.63) is 35.4 Å². The van der Waals surface area contributed by atoms with Gasteiger partial charge in [-0.05, 0) is 50.7 Å². The summed E-state index contributed by atoms with van der Waals surface area (Å²) < 4.78 is 5.59. The van der Waals surface area contributed by atoms with Crippen LogP contribution in [-0.4, -0.2) is 41.4 Å². The third-order valence-electron chi connectivity index (χ3n) is 5.28. The van der Waals surface area contributed by atoms with Crippen LogP contribution in [0.15, 0.2) is 24.3 Å². The number of ether oxygens (including phenoxy) is 1. The van der Waals surface area contributed by atoms with Gasteiger partial charge in [-0.1, -0.05) is 25.1 Å². The fraction of sp³-hybridized carbons (Fsp3) is 0.611. The van der Waals surface area contributed by atoms with Crippen LogP contribution in [0.4, 0.5) is 0 Å². The molecule has 0 aromatic heterocycles. The summed E-state index contributed by atoms with van der Waals surface area (Å²) >= 11 is 0. The van der Waals surface area contributed by atoms with Crippen LogP contribution in [0.2, 0.25) is 0 Å². The first-order valence-corrected chi connectivity index (χ1v) is 8.04. The minimum atomic E-state index is -0.836. The first kappa shape index (κ1) is 17.0. The van der Waals surface area contributed by atoms with Gasteiger partial charge in [-0.2, -0.15) is 0 Å². The van der Waals surface area contributed by atoms with Gasteiger partial charge >= 0.3 is 5.97 Å². The molecule has 4 heteroatoms. The fourth-order valence-electron chi connectivity index (χ4n) is 3.49. The van der Waals surface area contributed by atoms with Crippen molar-refractivity contribution in [2.45, 2.75) is 45.6 Å². The van der Waals surface area contributed by atoms with Crippen molar-refractivity contribution >= 4 is 5.97 Å². The molecule has 1 N–H and O–H groups in total. The average molecular weight is 305 g/mol. The lowest BCUT2D eigenvalue weighted by atomic mass is 9.70. The van der Waals surface area contributed by atoms with Gasteiger partial charge in [0, 0.05) is 18.7 Å². The van der Waals surface area contributed by atoms with E-state index in [0.29, 0.717) is 24.8 Å². The summed E-state index contributed by atoms with van der Waals surface area (Å²) in [4.78, 5) is 13.9. The first-order valence-electron chi connectivity index (χ1n) is 8.04. The average Bonchev–Trinajstić information content (AvgIpc) is 2.49. The molecule has 2 unspecified atom stereocenters. The van der Waals surface area contributed by atoms with Crippen molar-refractivity contribution in [3.63, 3.8) is 0 Å². The third-order valence-corrected chi connectivity index (χ3v) is 5.28. The van der Waals surface area contributed by atoms with E-state index >= 15 is 0 Å². The Morgan fingerprint density at radius 1 is 1.41 bits per heavy atom. The van der Waals surface area contributed by atoms with E-state index in [-0.39, 0.29) is 11.5 Å². The Labute approximate surface area is 133 Å². The normalized spacial score (nSPS) is 25.1. The molecule has 2 rings (SSSR count). The molecule has 1 aromatic carbocycles. The molecule has 1 saturated heterocycles. The molecule has 4 nitrogen and oxygen atoms in total. The Morgan fingerprint density at radius 2 is 2.09 bits per heavy atom. The molecule has 0 bridgehead atoms. The quantitative estimate of drug-likeness (QED) is 0.903. The molecule has 1 aromatic rings. The van der Waals surface area contributed by atoms with Crippen molar-refractivity contribution in [2.24, 2.45) is 5.92 Å². The number of likely N-dealkylation sites (tertiary alicyclic amines) is 1. The minimum absolute atomic E-state index is 0.0241. The zero-order valence-corrected chi connectivity index (χ0v) is 14.0. The number of benzene rings is 1. The maximum absolute atomic E-state index is 11.5. The highest BCUT2D eigenvalue weighted by molar-refractivity contribution is 5.89. The molecule has 0 saturated carbocycles. The Kier molecular flexibility index (Phi) is 5.24. The standard InChI is InChI=1S/C18H27NO3/c1-5-22-12-19-11-10-14(13(2)18(19,3)4)15-8-6-7-9-16(15)17(20)21/h6-9,13-14H,5,10-12H2,1-4H3,(H,20,21). The smallest absolute Gasteiger partial charge is 0.335 e. The fourth-order valence-corrected chi connectivity index (χ4v) is 3.49. The molecule has 0 radical (unpaired) electrons. The van der Waals surface area contributed by atoms with Gasteiger partial charge in [0.2, 0.25) is 0 Å². The van der Waals surface area contributed by atoms with Gasteiger partial charge in [0.05, 0.1) is 12.3 Å². The van der Waals surface area contributed by atoms with Crippen molar-refractivity contribution in [3.8, 4) is 0 Å². The van der Waals surface area contributed by atoms with Crippen molar-refractivity contribution < 1.29 is 14.6 Å². The minimum Gasteiger partial charge on any atom is -0.478 e. The van der Waals surface area contributed by atoms with E-state index in [1.54, 1.807) is 12.1 Å². The molecule has 1 heterocycles. The lowest BCUT2D eigenvalue weighted by molar-refractivity contribution is -0.0670. The predicted molar refractivity (Wildman–Crippen MR) is 87.2 cm³/mol. The summed E-state index contributed by atoms with van der Waals surface area (Å²) in [7, 11) is 0. The molecule has 22 heavy (non-hydrogen) atoms. The SMILES string of the molecule is CCOCN1CCC(c2ccccc2C(=O)O)C(C)C1(C)C. The van der Waals surface area contributed by atoms with Gasteiger partial charge in [-0.15, -0.1) is 0 Å². The summed E-state index contributed by atoms with van der Waals surface area (Å²) in [5, 5.41) is 9.45. The molecular weight excluding hydrogens is 278 g/mol. The number of hydrogen-bond donors (Lipinski definition) is 1. The lowest BCUT2D eigenvalue weighted by Gasteiger charge is -2.50. The second kappa shape index (κ2) is 6.80. The first-order chi connectivity index (χ1) is 10.4. The number of rotatable bonds is 5. The van der Waals surface area contributed by atoms with Gasteiger partial charge in [-0.3, -0.25) is 4.90 Å². The van der Waals surface area contributed by atoms with Crippen molar-refractivity contribution in [1.29, 1.82) is 0 Å². The number of carboxylic acids is 1. The lowest BCUT2D eigenvalue weighted by Crippen LogP contribution is -2.55. The molecule has 0 amide bonds. The molecule has 122 valence electrons. The van der Waals surface area contributed by atoms with E-state index in [4.69, 9.17) is 4.74 Å². The van der Waals surface area contributed by atoms with Crippen LogP contribution in [0.3, 0.4) is 0 Å². The van der Waals surface area contributed by atoms with Crippen LogP contribution < -0.4 is 0 Å². The van der Waals surface area contributed by atoms with Crippen LogP contribution in [-0.2, 0) is 4.74 Å². The molecular formula is C18H27NO3. The molecule has 0 aliphatic carbocycles. The summed E-state index contributed by atoms with van der Waals surface area (Å²) in [6.07, 6.45) is 0.960. The Balaban J connectivity index is 2.27. The van der Waals surface area contributed by atoms with E-state index in [1.807, 2.05) is 19.1 Å². The molecule has 1 fully saturated rings. The van der Waals surface area contributed by atoms with E-state index < -0.39 is 5.97 Å². The number of hydrogen-bond acceptors (Lipinski definition) is 3. The second-order valence-electron chi connectivity index (χ2n) is 6.62. The van der Waals surface area contributed by atoms with E-state index in [2.05, 4.69) is 25.7 Å². The van der Waals surface area contributed by atoms with Gasteiger partial charge in [0.25, 0.3) is 0 Å². The van der Waals surface area contributed by atoms with Gasteiger partial charge in [0.1, 0.15) is 0 Å². The topological polar surface area (TPSA) is 49.8 Å². The Bertz CT molecular complexity index is 527. The second-order valence-corrected chi connectivity index (χ2v) is 6.62.